The summed E-state index contributed by atoms with van der Waals surface area (Å²) in [6.45, 7) is -0.468. The second kappa shape index (κ2) is 5.47. The first-order valence-electron chi connectivity index (χ1n) is 4.89. The quantitative estimate of drug-likeness (QED) is 0.683. The molecule has 0 radical (unpaired) electrons. The number of carbonyl (C=O) groups is 1. The van der Waals surface area contributed by atoms with Gasteiger partial charge in [-0.15, -0.1) is 0 Å². The van der Waals surface area contributed by atoms with Crippen molar-refractivity contribution in [2.75, 3.05) is 7.11 Å². The van der Waals surface area contributed by atoms with Gasteiger partial charge in [0.15, 0.2) is 0 Å². The molecular formula is C10H9F5N2O2. The third kappa shape index (κ3) is 3.16. The van der Waals surface area contributed by atoms with E-state index in [-0.39, 0.29) is 0 Å². The highest BCUT2D eigenvalue weighted by Crippen LogP contribution is 2.36. The van der Waals surface area contributed by atoms with Crippen molar-refractivity contribution in [3.63, 3.8) is 0 Å². The summed E-state index contributed by atoms with van der Waals surface area (Å²) in [5.41, 5.74) is 0.589. The van der Waals surface area contributed by atoms with Gasteiger partial charge in [-0.1, -0.05) is 0 Å². The number of hydrogen-bond donors (Lipinski definition) is 1. The van der Waals surface area contributed by atoms with Crippen molar-refractivity contribution >= 4 is 5.97 Å². The van der Waals surface area contributed by atoms with Crippen molar-refractivity contribution in [3.05, 3.63) is 28.6 Å². The summed E-state index contributed by atoms with van der Waals surface area (Å²) in [5.74, 6) is -1.53. The Hall–Kier alpha value is -1.77. The standard InChI is InChI=1S/C10H9F5N2O2/c1-19-9(18)6-5(10(13,14)15)2-4(3-16)17-7(6)8(11)12/h2,8H,3,16H2,1H3. The van der Waals surface area contributed by atoms with Gasteiger partial charge in [-0.05, 0) is 6.07 Å². The molecule has 1 aromatic rings. The fourth-order valence-electron chi connectivity index (χ4n) is 1.42. The van der Waals surface area contributed by atoms with Crippen molar-refractivity contribution in [2.45, 2.75) is 19.1 Å². The number of aromatic nitrogens is 1. The van der Waals surface area contributed by atoms with Gasteiger partial charge in [-0.2, -0.15) is 13.2 Å². The summed E-state index contributed by atoms with van der Waals surface area (Å²) >= 11 is 0. The van der Waals surface area contributed by atoms with Crippen molar-refractivity contribution < 1.29 is 31.5 Å². The number of pyridine rings is 1. The van der Waals surface area contributed by atoms with E-state index in [1.54, 1.807) is 0 Å². The maximum atomic E-state index is 12.8. The first-order valence-corrected chi connectivity index (χ1v) is 4.89. The lowest BCUT2D eigenvalue weighted by Crippen LogP contribution is -2.20. The number of carbonyl (C=O) groups excluding carboxylic acids is 1. The summed E-state index contributed by atoms with van der Waals surface area (Å²) in [6, 6.07) is 0.456. The molecule has 1 rings (SSSR count). The molecule has 106 valence electrons. The summed E-state index contributed by atoms with van der Waals surface area (Å²) in [6.07, 6.45) is -8.36. The first kappa shape index (κ1) is 15.3. The molecular weight excluding hydrogens is 275 g/mol. The molecule has 4 nitrogen and oxygen atoms in total. The van der Waals surface area contributed by atoms with Crippen LogP contribution in [-0.2, 0) is 17.5 Å². The van der Waals surface area contributed by atoms with Crippen LogP contribution in [0.5, 0.6) is 0 Å². The van der Waals surface area contributed by atoms with Crippen LogP contribution in [0.4, 0.5) is 22.0 Å². The van der Waals surface area contributed by atoms with Crippen LogP contribution in [0, 0.1) is 0 Å². The highest BCUT2D eigenvalue weighted by molar-refractivity contribution is 5.92. The Bertz CT molecular complexity index is 488. The van der Waals surface area contributed by atoms with E-state index in [0.717, 1.165) is 7.11 Å². The number of hydrogen-bond acceptors (Lipinski definition) is 4. The van der Waals surface area contributed by atoms with Crippen LogP contribution in [0.3, 0.4) is 0 Å². The van der Waals surface area contributed by atoms with Gasteiger partial charge in [0.05, 0.1) is 23.9 Å². The highest BCUT2D eigenvalue weighted by Gasteiger charge is 2.39. The maximum Gasteiger partial charge on any atom is 0.417 e. The van der Waals surface area contributed by atoms with Gasteiger partial charge in [0.2, 0.25) is 0 Å². The van der Waals surface area contributed by atoms with E-state index < -0.39 is 47.6 Å². The van der Waals surface area contributed by atoms with Crippen LogP contribution in [0.15, 0.2) is 6.07 Å². The number of nitrogens with zero attached hydrogens (tertiary/aromatic N) is 1. The number of halogens is 5. The maximum absolute atomic E-state index is 12.8. The van der Waals surface area contributed by atoms with Crippen molar-refractivity contribution in [2.24, 2.45) is 5.73 Å². The molecule has 0 aromatic carbocycles. The zero-order valence-corrected chi connectivity index (χ0v) is 9.59. The average molecular weight is 284 g/mol. The molecule has 0 aliphatic rings. The zero-order chi connectivity index (χ0) is 14.8. The molecule has 0 saturated heterocycles. The molecule has 0 spiro atoms. The highest BCUT2D eigenvalue weighted by atomic mass is 19.4. The summed E-state index contributed by atoms with van der Waals surface area (Å²) in [4.78, 5) is 14.5. The number of rotatable bonds is 3. The molecule has 0 fully saturated rings. The van der Waals surface area contributed by atoms with Gasteiger partial charge in [0.1, 0.15) is 5.69 Å². The monoisotopic (exact) mass is 284 g/mol. The van der Waals surface area contributed by atoms with Crippen LogP contribution < -0.4 is 5.73 Å². The Morgan fingerprint density at radius 1 is 1.47 bits per heavy atom. The normalized spacial score (nSPS) is 11.8. The Morgan fingerprint density at radius 2 is 2.05 bits per heavy atom. The Balaban J connectivity index is 3.66. The van der Waals surface area contributed by atoms with Gasteiger partial charge in [0, 0.05) is 6.54 Å². The Labute approximate surface area is 104 Å². The number of methoxy groups -OCH3 is 1. The summed E-state index contributed by atoms with van der Waals surface area (Å²) in [5, 5.41) is 0. The third-order valence-corrected chi connectivity index (χ3v) is 2.21. The van der Waals surface area contributed by atoms with Crippen molar-refractivity contribution in [3.8, 4) is 0 Å². The van der Waals surface area contributed by atoms with Gasteiger partial charge < -0.3 is 10.5 Å². The molecule has 0 aliphatic heterocycles. The fourth-order valence-corrected chi connectivity index (χ4v) is 1.42. The molecule has 2 N–H and O–H groups in total. The lowest BCUT2D eigenvalue weighted by Gasteiger charge is -2.15. The minimum atomic E-state index is -5.00. The van der Waals surface area contributed by atoms with E-state index in [9.17, 15) is 26.7 Å². The van der Waals surface area contributed by atoms with Gasteiger partial charge in [-0.3, -0.25) is 0 Å². The van der Waals surface area contributed by atoms with Crippen molar-refractivity contribution in [1.29, 1.82) is 0 Å². The Kier molecular flexibility index (Phi) is 4.40. The summed E-state index contributed by atoms with van der Waals surface area (Å²) in [7, 11) is 0.786. The second-order valence-corrected chi connectivity index (χ2v) is 3.42. The van der Waals surface area contributed by atoms with E-state index in [1.165, 1.54) is 0 Å². The van der Waals surface area contributed by atoms with Gasteiger partial charge in [-0.25, -0.2) is 18.6 Å². The van der Waals surface area contributed by atoms with Crippen LogP contribution in [0.1, 0.15) is 33.7 Å². The first-order chi connectivity index (χ1) is 8.72. The predicted octanol–water partition coefficient (Wildman–Crippen LogP) is 2.28. The van der Waals surface area contributed by atoms with Crippen molar-refractivity contribution in [1.82, 2.24) is 4.98 Å². The van der Waals surface area contributed by atoms with E-state index in [4.69, 9.17) is 5.73 Å². The van der Waals surface area contributed by atoms with Crippen LogP contribution in [-0.4, -0.2) is 18.1 Å². The van der Waals surface area contributed by atoms with E-state index in [2.05, 4.69) is 9.72 Å². The van der Waals surface area contributed by atoms with Gasteiger partial charge >= 0.3 is 12.1 Å². The Morgan fingerprint density at radius 3 is 2.42 bits per heavy atom. The van der Waals surface area contributed by atoms with Crippen LogP contribution in [0.2, 0.25) is 0 Å². The lowest BCUT2D eigenvalue weighted by atomic mass is 10.0. The zero-order valence-electron chi connectivity index (χ0n) is 9.59. The molecule has 19 heavy (non-hydrogen) atoms. The number of ether oxygens (including phenoxy) is 1. The summed E-state index contributed by atoms with van der Waals surface area (Å²) < 4.78 is 67.9. The fraction of sp³-hybridized carbons (Fsp3) is 0.400. The predicted molar refractivity (Wildman–Crippen MR) is 53.4 cm³/mol. The topological polar surface area (TPSA) is 65.2 Å². The molecule has 0 aliphatic carbocycles. The number of alkyl halides is 5. The third-order valence-electron chi connectivity index (χ3n) is 2.21. The molecule has 1 heterocycles. The second-order valence-electron chi connectivity index (χ2n) is 3.42. The van der Waals surface area contributed by atoms with E-state index in [0.29, 0.717) is 6.07 Å². The van der Waals surface area contributed by atoms with Crippen LogP contribution >= 0.6 is 0 Å². The molecule has 0 atom stereocenters. The molecule has 0 saturated carbocycles. The minimum Gasteiger partial charge on any atom is -0.465 e. The average Bonchev–Trinajstić information content (AvgIpc) is 2.34. The molecule has 0 unspecified atom stereocenters. The number of esters is 1. The molecule has 0 amide bonds. The van der Waals surface area contributed by atoms with Gasteiger partial charge in [0.25, 0.3) is 6.43 Å². The molecule has 0 bridgehead atoms. The SMILES string of the molecule is COC(=O)c1c(C(F)(F)F)cc(CN)nc1C(F)F. The largest absolute Gasteiger partial charge is 0.465 e. The van der Waals surface area contributed by atoms with E-state index in [1.807, 2.05) is 0 Å². The minimum absolute atomic E-state index is 0.393. The smallest absolute Gasteiger partial charge is 0.417 e. The van der Waals surface area contributed by atoms with Crippen LogP contribution in [0.25, 0.3) is 0 Å². The van der Waals surface area contributed by atoms with E-state index >= 15 is 0 Å². The molecule has 1 aromatic heterocycles. The number of nitrogens with two attached hydrogens (primary N) is 1. The lowest BCUT2D eigenvalue weighted by molar-refractivity contribution is -0.138. The molecule has 9 heteroatoms.